The molecule has 1 aromatic rings. The minimum Gasteiger partial charge on any atom is -0.337 e. The number of amides is 1. The van der Waals surface area contributed by atoms with Crippen molar-refractivity contribution in [2.45, 2.75) is 13.3 Å². The number of benzene rings is 1. The van der Waals surface area contributed by atoms with Gasteiger partial charge in [-0.2, -0.15) is 0 Å². The SMILES string of the molecule is CCCN(CCN(C)C)C(=O)c1ccc(F)cc1Br. The third-order valence-corrected chi connectivity index (χ3v) is 3.42. The highest BCUT2D eigenvalue weighted by Crippen LogP contribution is 2.20. The summed E-state index contributed by atoms with van der Waals surface area (Å²) in [6.07, 6.45) is 0.901. The van der Waals surface area contributed by atoms with Gasteiger partial charge in [-0.3, -0.25) is 4.79 Å². The fourth-order valence-corrected chi connectivity index (χ4v) is 2.26. The van der Waals surface area contributed by atoms with Gasteiger partial charge in [-0.05, 0) is 54.6 Å². The topological polar surface area (TPSA) is 23.6 Å². The Labute approximate surface area is 122 Å². The first-order valence-electron chi connectivity index (χ1n) is 6.34. The molecule has 0 fully saturated rings. The third-order valence-electron chi connectivity index (χ3n) is 2.76. The molecule has 0 aliphatic carbocycles. The maximum atomic E-state index is 13.1. The molecule has 0 atom stereocenters. The minimum absolute atomic E-state index is 0.0597. The molecule has 1 amide bonds. The van der Waals surface area contributed by atoms with Crippen molar-refractivity contribution in [1.82, 2.24) is 9.80 Å². The molecule has 106 valence electrons. The summed E-state index contributed by atoms with van der Waals surface area (Å²) in [5.74, 6) is -0.408. The molecule has 0 aromatic heterocycles. The second-order valence-electron chi connectivity index (χ2n) is 4.72. The first-order chi connectivity index (χ1) is 8.95. The monoisotopic (exact) mass is 330 g/mol. The molecule has 5 heteroatoms. The van der Waals surface area contributed by atoms with Gasteiger partial charge in [-0.1, -0.05) is 6.92 Å². The zero-order valence-corrected chi connectivity index (χ0v) is 13.2. The number of carbonyl (C=O) groups is 1. The molecule has 0 aliphatic rings. The normalized spacial score (nSPS) is 10.8. The maximum Gasteiger partial charge on any atom is 0.255 e. The Morgan fingerprint density at radius 1 is 1.26 bits per heavy atom. The molecule has 19 heavy (non-hydrogen) atoms. The van der Waals surface area contributed by atoms with E-state index in [1.165, 1.54) is 18.2 Å². The Hall–Kier alpha value is -0.940. The summed E-state index contributed by atoms with van der Waals surface area (Å²) < 4.78 is 13.6. The van der Waals surface area contributed by atoms with E-state index in [0.717, 1.165) is 13.0 Å². The minimum atomic E-state index is -0.348. The Morgan fingerprint density at radius 3 is 2.47 bits per heavy atom. The van der Waals surface area contributed by atoms with Crippen molar-refractivity contribution in [3.8, 4) is 0 Å². The Morgan fingerprint density at radius 2 is 1.95 bits per heavy atom. The molecular weight excluding hydrogens is 311 g/mol. The molecule has 0 N–H and O–H groups in total. The van der Waals surface area contributed by atoms with Crippen LogP contribution in [0.1, 0.15) is 23.7 Å². The molecule has 0 aliphatic heterocycles. The Kier molecular flexibility index (Phi) is 6.45. The highest BCUT2D eigenvalue weighted by atomic mass is 79.9. The van der Waals surface area contributed by atoms with Gasteiger partial charge in [-0.25, -0.2) is 4.39 Å². The molecule has 0 heterocycles. The molecule has 1 rings (SSSR count). The molecule has 0 radical (unpaired) electrons. The lowest BCUT2D eigenvalue weighted by Crippen LogP contribution is -2.37. The van der Waals surface area contributed by atoms with Crippen LogP contribution in [-0.4, -0.2) is 49.4 Å². The van der Waals surface area contributed by atoms with E-state index in [4.69, 9.17) is 0 Å². The van der Waals surface area contributed by atoms with E-state index in [1.54, 1.807) is 4.90 Å². The van der Waals surface area contributed by atoms with Crippen molar-refractivity contribution in [3.63, 3.8) is 0 Å². The number of carbonyl (C=O) groups excluding carboxylic acids is 1. The summed E-state index contributed by atoms with van der Waals surface area (Å²) in [5, 5.41) is 0. The number of likely N-dealkylation sites (N-methyl/N-ethyl adjacent to an activating group) is 1. The van der Waals surface area contributed by atoms with Crippen molar-refractivity contribution < 1.29 is 9.18 Å². The lowest BCUT2D eigenvalue weighted by Gasteiger charge is -2.24. The second kappa shape index (κ2) is 7.60. The fourth-order valence-electron chi connectivity index (χ4n) is 1.74. The van der Waals surface area contributed by atoms with Crippen LogP contribution in [0.15, 0.2) is 22.7 Å². The predicted molar refractivity (Wildman–Crippen MR) is 78.8 cm³/mol. The van der Waals surface area contributed by atoms with E-state index in [-0.39, 0.29) is 11.7 Å². The summed E-state index contributed by atoms with van der Waals surface area (Å²) >= 11 is 3.25. The average Bonchev–Trinajstić information content (AvgIpc) is 2.33. The van der Waals surface area contributed by atoms with Crippen LogP contribution >= 0.6 is 15.9 Å². The fraction of sp³-hybridized carbons (Fsp3) is 0.500. The smallest absolute Gasteiger partial charge is 0.255 e. The van der Waals surface area contributed by atoms with Crippen molar-refractivity contribution in [2.75, 3.05) is 33.7 Å². The molecule has 0 unspecified atom stereocenters. The standard InChI is InChI=1S/C14H20BrFN2O/c1-4-7-18(9-8-17(2)3)14(19)12-6-5-11(16)10-13(12)15/h5-6,10H,4,7-9H2,1-3H3. The van der Waals surface area contributed by atoms with Gasteiger partial charge in [0.1, 0.15) is 5.82 Å². The Balaban J connectivity index is 2.85. The second-order valence-corrected chi connectivity index (χ2v) is 5.57. The summed E-state index contributed by atoms with van der Waals surface area (Å²) in [6.45, 7) is 4.22. The van der Waals surface area contributed by atoms with E-state index in [1.807, 2.05) is 25.9 Å². The molecule has 3 nitrogen and oxygen atoms in total. The van der Waals surface area contributed by atoms with Gasteiger partial charge in [0.05, 0.1) is 5.56 Å². The summed E-state index contributed by atoms with van der Waals surface area (Å²) in [5.41, 5.74) is 0.508. The summed E-state index contributed by atoms with van der Waals surface area (Å²) in [7, 11) is 3.95. The quantitative estimate of drug-likeness (QED) is 0.800. The van der Waals surface area contributed by atoms with Gasteiger partial charge in [0.25, 0.3) is 5.91 Å². The number of halogens is 2. The third kappa shape index (κ3) is 4.91. The van der Waals surface area contributed by atoms with E-state index in [9.17, 15) is 9.18 Å². The molecule has 1 aromatic carbocycles. The van der Waals surface area contributed by atoms with Gasteiger partial charge in [-0.15, -0.1) is 0 Å². The highest BCUT2D eigenvalue weighted by molar-refractivity contribution is 9.10. The lowest BCUT2D eigenvalue weighted by atomic mass is 10.2. The van der Waals surface area contributed by atoms with Crippen LogP contribution in [0.4, 0.5) is 4.39 Å². The van der Waals surface area contributed by atoms with Gasteiger partial charge < -0.3 is 9.80 Å². The highest BCUT2D eigenvalue weighted by Gasteiger charge is 2.17. The molecule has 0 saturated heterocycles. The van der Waals surface area contributed by atoms with Crippen molar-refractivity contribution in [3.05, 3.63) is 34.1 Å². The van der Waals surface area contributed by atoms with E-state index in [0.29, 0.717) is 23.1 Å². The first-order valence-corrected chi connectivity index (χ1v) is 7.14. The molecule has 0 bridgehead atoms. The zero-order chi connectivity index (χ0) is 14.4. The lowest BCUT2D eigenvalue weighted by molar-refractivity contribution is 0.0744. The molecular formula is C14H20BrFN2O. The van der Waals surface area contributed by atoms with Crippen LogP contribution in [0.5, 0.6) is 0 Å². The number of hydrogen-bond acceptors (Lipinski definition) is 2. The van der Waals surface area contributed by atoms with Gasteiger partial charge >= 0.3 is 0 Å². The van der Waals surface area contributed by atoms with Gasteiger partial charge in [0.2, 0.25) is 0 Å². The van der Waals surface area contributed by atoms with E-state index < -0.39 is 0 Å². The van der Waals surface area contributed by atoms with E-state index in [2.05, 4.69) is 15.9 Å². The van der Waals surface area contributed by atoms with Crippen LogP contribution in [0, 0.1) is 5.82 Å². The van der Waals surface area contributed by atoms with Crippen LogP contribution in [0.3, 0.4) is 0 Å². The first kappa shape index (κ1) is 16.1. The maximum absolute atomic E-state index is 13.1. The van der Waals surface area contributed by atoms with Crippen LogP contribution in [0.25, 0.3) is 0 Å². The van der Waals surface area contributed by atoms with Gasteiger partial charge in [0, 0.05) is 24.1 Å². The summed E-state index contributed by atoms with van der Waals surface area (Å²) in [6, 6.07) is 4.16. The largest absolute Gasteiger partial charge is 0.337 e. The summed E-state index contributed by atoms with van der Waals surface area (Å²) in [4.78, 5) is 16.3. The van der Waals surface area contributed by atoms with Crippen molar-refractivity contribution >= 4 is 21.8 Å². The van der Waals surface area contributed by atoms with E-state index >= 15 is 0 Å². The van der Waals surface area contributed by atoms with Gasteiger partial charge in [0.15, 0.2) is 0 Å². The zero-order valence-electron chi connectivity index (χ0n) is 11.6. The number of hydrogen-bond donors (Lipinski definition) is 0. The van der Waals surface area contributed by atoms with Crippen molar-refractivity contribution in [2.24, 2.45) is 0 Å². The average molecular weight is 331 g/mol. The number of rotatable bonds is 6. The van der Waals surface area contributed by atoms with Crippen LogP contribution in [0.2, 0.25) is 0 Å². The van der Waals surface area contributed by atoms with Crippen molar-refractivity contribution in [1.29, 1.82) is 0 Å². The molecule has 0 spiro atoms. The van der Waals surface area contributed by atoms with Crippen LogP contribution < -0.4 is 0 Å². The molecule has 0 saturated carbocycles. The number of nitrogens with zero attached hydrogens (tertiary/aromatic N) is 2. The Bertz CT molecular complexity index is 437. The predicted octanol–water partition coefficient (Wildman–Crippen LogP) is 3.00. The van der Waals surface area contributed by atoms with Crippen LogP contribution in [-0.2, 0) is 0 Å².